The van der Waals surface area contributed by atoms with Crippen molar-refractivity contribution in [1.29, 1.82) is 0 Å². The van der Waals surface area contributed by atoms with Gasteiger partial charge in [-0.25, -0.2) is 4.98 Å². The fourth-order valence-corrected chi connectivity index (χ4v) is 3.09. The predicted molar refractivity (Wildman–Crippen MR) is 73.4 cm³/mol. The third-order valence-electron chi connectivity index (χ3n) is 3.00. The van der Waals surface area contributed by atoms with Crippen molar-refractivity contribution in [2.75, 3.05) is 0 Å². The van der Waals surface area contributed by atoms with Crippen LogP contribution in [0.4, 0.5) is 0 Å². The van der Waals surface area contributed by atoms with Crippen molar-refractivity contribution in [2.24, 2.45) is 0 Å². The van der Waals surface area contributed by atoms with E-state index in [1.165, 1.54) is 10.4 Å². The number of fused-ring (bicyclic) bond motifs is 1. The lowest BCUT2D eigenvalue weighted by molar-refractivity contribution is 0.111. The first-order valence-electron chi connectivity index (χ1n) is 5.70. The molecular formula is C14H12N2OS. The molecular weight excluding hydrogens is 244 g/mol. The largest absolute Gasteiger partial charge is 0.296 e. The first-order chi connectivity index (χ1) is 8.70. The Morgan fingerprint density at radius 2 is 1.94 bits per heavy atom. The van der Waals surface area contributed by atoms with E-state index in [-0.39, 0.29) is 0 Å². The van der Waals surface area contributed by atoms with Crippen LogP contribution in [0, 0.1) is 13.8 Å². The van der Waals surface area contributed by atoms with Crippen LogP contribution < -0.4 is 0 Å². The lowest BCUT2D eigenvalue weighted by atomic mass is 10.1. The van der Waals surface area contributed by atoms with Gasteiger partial charge in [0.15, 0.2) is 11.2 Å². The van der Waals surface area contributed by atoms with E-state index < -0.39 is 0 Å². The fourth-order valence-electron chi connectivity index (χ4n) is 2.11. The van der Waals surface area contributed by atoms with E-state index in [0.29, 0.717) is 5.69 Å². The van der Waals surface area contributed by atoms with Gasteiger partial charge in [-0.1, -0.05) is 29.8 Å². The number of aromatic nitrogens is 2. The van der Waals surface area contributed by atoms with Crippen LogP contribution in [0.3, 0.4) is 0 Å². The minimum Gasteiger partial charge on any atom is -0.296 e. The average Bonchev–Trinajstić information content (AvgIpc) is 2.88. The molecule has 0 bridgehead atoms. The van der Waals surface area contributed by atoms with Gasteiger partial charge in [0.2, 0.25) is 0 Å². The van der Waals surface area contributed by atoms with E-state index in [9.17, 15) is 4.79 Å². The lowest BCUT2D eigenvalue weighted by Gasteiger charge is -2.03. The van der Waals surface area contributed by atoms with Gasteiger partial charge in [0.25, 0.3) is 0 Å². The Bertz CT molecular complexity index is 722. The van der Waals surface area contributed by atoms with Crippen molar-refractivity contribution in [3.05, 3.63) is 46.6 Å². The summed E-state index contributed by atoms with van der Waals surface area (Å²) in [7, 11) is 0. The predicted octanol–water partition coefficient (Wildman–Crippen LogP) is 3.49. The van der Waals surface area contributed by atoms with Gasteiger partial charge in [-0.15, -0.1) is 11.3 Å². The van der Waals surface area contributed by atoms with Crippen molar-refractivity contribution in [3.63, 3.8) is 0 Å². The van der Waals surface area contributed by atoms with Crippen LogP contribution in [0.25, 0.3) is 16.2 Å². The monoisotopic (exact) mass is 256 g/mol. The van der Waals surface area contributed by atoms with Gasteiger partial charge in [-0.05, 0) is 19.4 Å². The molecule has 3 aromatic rings. The van der Waals surface area contributed by atoms with Crippen LogP contribution in [0.1, 0.15) is 20.9 Å². The average molecular weight is 256 g/mol. The van der Waals surface area contributed by atoms with Crippen LogP contribution in [0.2, 0.25) is 0 Å². The molecule has 0 N–H and O–H groups in total. The number of benzene rings is 1. The van der Waals surface area contributed by atoms with Crippen molar-refractivity contribution in [3.8, 4) is 11.3 Å². The van der Waals surface area contributed by atoms with Gasteiger partial charge < -0.3 is 0 Å². The Hall–Kier alpha value is -1.94. The SMILES string of the molecule is Cc1ccc(-c2c(C)sc3ncc(C=O)n23)cc1. The van der Waals surface area contributed by atoms with E-state index in [2.05, 4.69) is 43.1 Å². The summed E-state index contributed by atoms with van der Waals surface area (Å²) in [6, 6.07) is 8.32. The molecule has 0 unspecified atom stereocenters. The zero-order valence-electron chi connectivity index (χ0n) is 10.2. The molecule has 4 heteroatoms. The molecule has 2 aromatic heterocycles. The summed E-state index contributed by atoms with van der Waals surface area (Å²) >= 11 is 1.61. The topological polar surface area (TPSA) is 34.4 Å². The first kappa shape index (κ1) is 11.2. The standard InChI is InChI=1S/C14H12N2OS/c1-9-3-5-11(6-4-9)13-10(2)18-14-15-7-12(8-17)16(13)14/h3-8H,1-2H3. The van der Waals surface area contributed by atoms with Crippen LogP contribution >= 0.6 is 11.3 Å². The summed E-state index contributed by atoms with van der Waals surface area (Å²) in [5.41, 5.74) is 4.01. The number of aldehydes is 1. The number of hydrogen-bond donors (Lipinski definition) is 0. The maximum atomic E-state index is 11.1. The van der Waals surface area contributed by atoms with Gasteiger partial charge in [-0.2, -0.15) is 0 Å². The van der Waals surface area contributed by atoms with E-state index in [1.54, 1.807) is 17.5 Å². The van der Waals surface area contributed by atoms with E-state index >= 15 is 0 Å². The van der Waals surface area contributed by atoms with Gasteiger partial charge >= 0.3 is 0 Å². The molecule has 90 valence electrons. The number of thiazole rings is 1. The molecule has 0 fully saturated rings. The third kappa shape index (κ3) is 1.57. The maximum absolute atomic E-state index is 11.1. The molecule has 1 aromatic carbocycles. The highest BCUT2D eigenvalue weighted by Crippen LogP contribution is 2.31. The first-order valence-corrected chi connectivity index (χ1v) is 6.51. The number of rotatable bonds is 2. The van der Waals surface area contributed by atoms with E-state index in [1.807, 2.05) is 4.40 Å². The Morgan fingerprint density at radius 3 is 2.61 bits per heavy atom. The quantitative estimate of drug-likeness (QED) is 0.658. The lowest BCUT2D eigenvalue weighted by Crippen LogP contribution is -1.93. The van der Waals surface area contributed by atoms with Crippen molar-refractivity contribution < 1.29 is 4.79 Å². The molecule has 0 saturated carbocycles. The molecule has 3 rings (SSSR count). The summed E-state index contributed by atoms with van der Waals surface area (Å²) in [4.78, 5) is 17.4. The van der Waals surface area contributed by atoms with Crippen LogP contribution in [-0.4, -0.2) is 15.7 Å². The molecule has 18 heavy (non-hydrogen) atoms. The number of nitrogens with zero attached hydrogens (tertiary/aromatic N) is 2. The van der Waals surface area contributed by atoms with Crippen LogP contribution in [0.15, 0.2) is 30.5 Å². The molecule has 0 aliphatic rings. The molecule has 0 aliphatic carbocycles. The Kier molecular flexibility index (Phi) is 2.52. The van der Waals surface area contributed by atoms with Crippen molar-refractivity contribution in [1.82, 2.24) is 9.38 Å². The number of carbonyl (C=O) groups is 1. The Morgan fingerprint density at radius 1 is 1.22 bits per heavy atom. The summed E-state index contributed by atoms with van der Waals surface area (Å²) in [6.45, 7) is 4.12. The number of imidazole rings is 1. The second-order valence-corrected chi connectivity index (χ2v) is 5.47. The van der Waals surface area contributed by atoms with Crippen molar-refractivity contribution in [2.45, 2.75) is 13.8 Å². The smallest absolute Gasteiger partial charge is 0.194 e. The van der Waals surface area contributed by atoms with Gasteiger partial charge in [0, 0.05) is 4.88 Å². The zero-order valence-corrected chi connectivity index (χ0v) is 11.0. The minimum atomic E-state index is 0.602. The minimum absolute atomic E-state index is 0.602. The second-order valence-electron chi connectivity index (χ2n) is 4.29. The molecule has 0 atom stereocenters. The zero-order chi connectivity index (χ0) is 12.7. The summed E-state index contributed by atoms with van der Waals surface area (Å²) in [5, 5.41) is 0. The fraction of sp³-hybridized carbons (Fsp3) is 0.143. The number of carbonyl (C=O) groups excluding carboxylic acids is 1. The molecule has 0 aliphatic heterocycles. The van der Waals surface area contributed by atoms with Gasteiger partial charge in [0.1, 0.15) is 5.69 Å². The highest BCUT2D eigenvalue weighted by molar-refractivity contribution is 7.17. The van der Waals surface area contributed by atoms with Gasteiger partial charge in [-0.3, -0.25) is 9.20 Å². The third-order valence-corrected chi connectivity index (χ3v) is 3.97. The Labute approximate surface area is 109 Å². The number of aryl methyl sites for hydroxylation is 2. The Balaban J connectivity index is 2.33. The highest BCUT2D eigenvalue weighted by atomic mass is 32.1. The summed E-state index contributed by atoms with van der Waals surface area (Å²) < 4.78 is 1.93. The second kappa shape index (κ2) is 4.07. The highest BCUT2D eigenvalue weighted by Gasteiger charge is 2.14. The van der Waals surface area contributed by atoms with Crippen molar-refractivity contribution >= 4 is 22.6 Å². The maximum Gasteiger partial charge on any atom is 0.194 e. The van der Waals surface area contributed by atoms with E-state index in [4.69, 9.17) is 0 Å². The molecule has 0 radical (unpaired) electrons. The van der Waals surface area contributed by atoms with E-state index in [0.717, 1.165) is 22.5 Å². The number of hydrogen-bond acceptors (Lipinski definition) is 3. The van der Waals surface area contributed by atoms with Gasteiger partial charge in [0.05, 0.1) is 11.9 Å². The molecule has 0 saturated heterocycles. The molecule has 0 spiro atoms. The molecule has 2 heterocycles. The summed E-state index contributed by atoms with van der Waals surface area (Å²) in [5.74, 6) is 0. The normalized spacial score (nSPS) is 11.0. The van der Waals surface area contributed by atoms with Crippen LogP contribution in [-0.2, 0) is 0 Å². The molecule has 3 nitrogen and oxygen atoms in total. The summed E-state index contributed by atoms with van der Waals surface area (Å²) in [6.07, 6.45) is 2.47. The molecule has 0 amide bonds. The van der Waals surface area contributed by atoms with Crippen LogP contribution in [0.5, 0.6) is 0 Å².